The zero-order chi connectivity index (χ0) is 46.5. The molecule has 2 aromatic rings. The molecule has 63 heavy (non-hydrogen) atoms. The summed E-state index contributed by atoms with van der Waals surface area (Å²) in [5.74, 6) is 0.791. The van der Waals surface area contributed by atoms with Crippen LogP contribution in [0.1, 0.15) is 120 Å². The minimum atomic E-state index is -3.54. The van der Waals surface area contributed by atoms with Gasteiger partial charge in [0.15, 0.2) is 0 Å². The number of likely N-dealkylation sites (tertiary alicyclic amines) is 1. The Morgan fingerprint density at radius 3 is 1.30 bits per heavy atom. The number of piperidine rings is 3. The summed E-state index contributed by atoms with van der Waals surface area (Å²) in [5.41, 5.74) is 3.06. The molecular weight excluding hydrogens is 863 g/mol. The number of amides is 1. The molecule has 3 heterocycles. The van der Waals surface area contributed by atoms with Gasteiger partial charge in [-0.2, -0.15) is 8.61 Å². The number of ketones is 2. The van der Waals surface area contributed by atoms with Crippen LogP contribution in [0.5, 0.6) is 0 Å². The van der Waals surface area contributed by atoms with Crippen molar-refractivity contribution in [1.29, 1.82) is 0 Å². The van der Waals surface area contributed by atoms with Gasteiger partial charge in [0.1, 0.15) is 27.0 Å². The van der Waals surface area contributed by atoms with Crippen LogP contribution in [0, 0.1) is 51.4 Å². The first kappa shape index (κ1) is 50.8. The van der Waals surface area contributed by atoms with E-state index in [0.717, 1.165) is 47.9 Å². The number of hydrogen-bond donors (Lipinski definition) is 0. The number of aryl methyl sites for hydroxylation is 4. The predicted molar refractivity (Wildman–Crippen MR) is 245 cm³/mol. The molecule has 0 bridgehead atoms. The third-order valence-electron chi connectivity index (χ3n) is 13.4. The summed E-state index contributed by atoms with van der Waals surface area (Å²) in [6, 6.07) is 10.8. The van der Waals surface area contributed by atoms with Crippen molar-refractivity contribution in [3.05, 3.63) is 58.7 Å². The van der Waals surface area contributed by atoms with Crippen LogP contribution in [0.15, 0.2) is 46.2 Å². The van der Waals surface area contributed by atoms with Crippen molar-refractivity contribution < 1.29 is 44.4 Å². The van der Waals surface area contributed by atoms with Gasteiger partial charge in [0, 0.05) is 70.2 Å². The standard InChI is InChI=1S/C25H38N2O5S.C22H33NO5S2/c1-18-6-7-23(19(2)16-18)33(30,31)27-14-10-21(11-15-27)22(28)17-20-8-12-26(13-9-20)24(29)32-25(3,4)5;1-16-4-9-22(17(2)14-16)30(27,28)23-12-10-19(11-13-23)21(24)15-18-5-7-20(8-6-18)29(3,25)26/h6-7,16,20-21H,8-15,17H2,1-5H3;4,9,14,18-20H,5-8,10-13,15H2,1-3H3. The van der Waals surface area contributed by atoms with E-state index < -0.39 is 35.5 Å². The van der Waals surface area contributed by atoms with Gasteiger partial charge in [0.05, 0.1) is 15.0 Å². The molecule has 0 atom stereocenters. The second-order valence-electron chi connectivity index (χ2n) is 19.6. The molecule has 1 saturated carbocycles. The molecular formula is C47H71N3O10S3. The monoisotopic (exact) mass is 933 g/mol. The summed E-state index contributed by atoms with van der Waals surface area (Å²) in [5, 5.41) is -0.262. The van der Waals surface area contributed by atoms with Gasteiger partial charge in [-0.1, -0.05) is 35.4 Å². The van der Waals surface area contributed by atoms with Crippen LogP contribution in [-0.4, -0.2) is 113 Å². The first-order chi connectivity index (χ1) is 29.3. The van der Waals surface area contributed by atoms with E-state index in [-0.39, 0.29) is 46.6 Å². The van der Waals surface area contributed by atoms with Crippen molar-refractivity contribution in [2.24, 2.45) is 23.7 Å². The van der Waals surface area contributed by atoms with E-state index in [1.54, 1.807) is 17.0 Å². The fourth-order valence-corrected chi connectivity index (χ4v) is 14.1. The van der Waals surface area contributed by atoms with Gasteiger partial charge in [-0.3, -0.25) is 9.59 Å². The minimum Gasteiger partial charge on any atom is -0.444 e. The summed E-state index contributed by atoms with van der Waals surface area (Å²) in [4.78, 5) is 40.3. The SMILES string of the molecule is Cc1ccc(S(=O)(=O)N2CCC(C(=O)CC3CCC(S(C)(=O)=O)CC3)CC2)c(C)c1.Cc1ccc(S(=O)(=O)N2CCC(C(=O)CC3CCN(C(=O)OC(C)(C)C)CC3)CC2)c(C)c1. The molecule has 4 fully saturated rings. The van der Waals surface area contributed by atoms with E-state index >= 15 is 0 Å². The number of rotatable bonds is 11. The quantitative estimate of drug-likeness (QED) is 0.219. The number of Topliss-reactive ketones (excluding diaryl/α,β-unsaturated/α-hetero) is 2. The molecule has 1 aliphatic carbocycles. The normalized spacial score (nSPS) is 21.9. The molecule has 1 amide bonds. The number of benzene rings is 2. The molecule has 16 heteroatoms. The van der Waals surface area contributed by atoms with E-state index in [1.165, 1.54) is 14.9 Å². The molecule has 4 aliphatic rings. The zero-order valence-electron chi connectivity index (χ0n) is 38.7. The second-order valence-corrected chi connectivity index (χ2v) is 25.8. The van der Waals surface area contributed by atoms with Crippen LogP contribution in [0.3, 0.4) is 0 Å². The minimum absolute atomic E-state index is 0.0838. The van der Waals surface area contributed by atoms with Crippen molar-refractivity contribution >= 4 is 47.5 Å². The van der Waals surface area contributed by atoms with Gasteiger partial charge in [-0.05, 0) is 148 Å². The summed E-state index contributed by atoms with van der Waals surface area (Å²) in [6.07, 6.45) is 8.70. The highest BCUT2D eigenvalue weighted by molar-refractivity contribution is 7.91. The maximum absolute atomic E-state index is 13.1. The van der Waals surface area contributed by atoms with Crippen LogP contribution >= 0.6 is 0 Å². The lowest BCUT2D eigenvalue weighted by Gasteiger charge is -2.34. The molecule has 13 nitrogen and oxygen atoms in total. The molecule has 0 aromatic heterocycles. The van der Waals surface area contributed by atoms with Crippen molar-refractivity contribution in [1.82, 2.24) is 13.5 Å². The molecule has 0 N–H and O–H groups in total. The van der Waals surface area contributed by atoms with Crippen molar-refractivity contribution in [3.63, 3.8) is 0 Å². The summed E-state index contributed by atoms with van der Waals surface area (Å²) >= 11 is 0. The third kappa shape index (κ3) is 13.7. The average Bonchev–Trinajstić information content (AvgIpc) is 3.20. The Morgan fingerprint density at radius 2 is 0.952 bits per heavy atom. The topological polar surface area (TPSA) is 173 Å². The van der Waals surface area contributed by atoms with Gasteiger partial charge in [-0.15, -0.1) is 0 Å². The summed E-state index contributed by atoms with van der Waals surface area (Å²) in [7, 11) is -10.1. The molecule has 3 aliphatic heterocycles. The fraction of sp³-hybridized carbons (Fsp3) is 0.681. The fourth-order valence-electron chi connectivity index (χ4n) is 9.60. The Morgan fingerprint density at radius 1 is 0.571 bits per heavy atom. The number of ether oxygens (including phenoxy) is 1. The van der Waals surface area contributed by atoms with Crippen LogP contribution < -0.4 is 0 Å². The van der Waals surface area contributed by atoms with Crippen molar-refractivity contribution in [2.75, 3.05) is 45.5 Å². The number of hydrogen-bond acceptors (Lipinski definition) is 10. The zero-order valence-corrected chi connectivity index (χ0v) is 41.2. The van der Waals surface area contributed by atoms with E-state index in [9.17, 15) is 39.6 Å². The third-order valence-corrected chi connectivity index (χ3v) is 19.2. The highest BCUT2D eigenvalue weighted by Gasteiger charge is 2.37. The molecule has 352 valence electrons. The van der Waals surface area contributed by atoms with Gasteiger partial charge in [0.25, 0.3) is 0 Å². The Bertz CT molecular complexity index is 2270. The maximum atomic E-state index is 13.1. The van der Waals surface area contributed by atoms with E-state index in [0.29, 0.717) is 100 Å². The largest absolute Gasteiger partial charge is 0.444 e. The van der Waals surface area contributed by atoms with Crippen LogP contribution in [0.25, 0.3) is 0 Å². The Hall–Kier alpha value is -3.18. The van der Waals surface area contributed by atoms with Crippen molar-refractivity contribution in [3.8, 4) is 0 Å². The van der Waals surface area contributed by atoms with E-state index in [1.807, 2.05) is 72.7 Å². The Labute approximate surface area is 377 Å². The summed E-state index contributed by atoms with van der Waals surface area (Å²) < 4.78 is 84.1. The van der Waals surface area contributed by atoms with E-state index in [2.05, 4.69) is 0 Å². The second kappa shape index (κ2) is 21.0. The van der Waals surface area contributed by atoms with Crippen LogP contribution in [0.2, 0.25) is 0 Å². The highest BCUT2D eigenvalue weighted by atomic mass is 32.2. The van der Waals surface area contributed by atoms with E-state index in [4.69, 9.17) is 4.74 Å². The summed E-state index contributed by atoms with van der Waals surface area (Å²) in [6.45, 7) is 15.8. The lowest BCUT2D eigenvalue weighted by atomic mass is 9.81. The number of carbonyl (C=O) groups is 3. The predicted octanol–water partition coefficient (Wildman–Crippen LogP) is 7.58. The smallest absolute Gasteiger partial charge is 0.410 e. The maximum Gasteiger partial charge on any atom is 0.410 e. The number of nitrogens with zero attached hydrogens (tertiary/aromatic N) is 3. The molecule has 3 saturated heterocycles. The lowest BCUT2D eigenvalue weighted by Crippen LogP contribution is -2.43. The Balaban J connectivity index is 0.000000239. The Kier molecular flexibility index (Phi) is 16.9. The number of sulfonamides is 2. The lowest BCUT2D eigenvalue weighted by molar-refractivity contribution is -0.126. The van der Waals surface area contributed by atoms with Gasteiger partial charge in [0.2, 0.25) is 20.0 Å². The first-order valence-corrected chi connectivity index (χ1v) is 27.6. The number of sulfone groups is 1. The first-order valence-electron chi connectivity index (χ1n) is 22.7. The van der Waals surface area contributed by atoms with Crippen LogP contribution in [0.4, 0.5) is 4.79 Å². The van der Waals surface area contributed by atoms with Gasteiger partial charge >= 0.3 is 6.09 Å². The molecule has 0 unspecified atom stereocenters. The average molecular weight is 934 g/mol. The number of carbonyl (C=O) groups excluding carboxylic acids is 3. The molecule has 6 rings (SSSR count). The molecule has 0 spiro atoms. The van der Waals surface area contributed by atoms with Crippen LogP contribution in [-0.2, 0) is 44.2 Å². The molecule has 0 radical (unpaired) electrons. The van der Waals surface area contributed by atoms with Gasteiger partial charge in [-0.25, -0.2) is 30.0 Å². The molecule has 2 aromatic carbocycles. The highest BCUT2D eigenvalue weighted by Crippen LogP contribution is 2.34. The van der Waals surface area contributed by atoms with Gasteiger partial charge < -0.3 is 9.64 Å². The van der Waals surface area contributed by atoms with Crippen molar-refractivity contribution in [2.45, 2.75) is 146 Å².